The quantitative estimate of drug-likeness (QED) is 0.0378. The molecule has 0 saturated heterocycles. The fraction of sp³-hybridized carbons (Fsp3) is 0.833. The maximum atomic E-state index is 10.9. The third kappa shape index (κ3) is 46.8. The summed E-state index contributed by atoms with van der Waals surface area (Å²) in [6.07, 6.45) is 28.1. The van der Waals surface area contributed by atoms with Crippen LogP contribution in [0.5, 0.6) is 0 Å². The molecule has 0 fully saturated rings. The zero-order chi connectivity index (χ0) is 46.7. The van der Waals surface area contributed by atoms with Crippen LogP contribution in [0.3, 0.4) is 0 Å². The summed E-state index contributed by atoms with van der Waals surface area (Å²) in [5, 5.41) is 42.3. The van der Waals surface area contributed by atoms with E-state index in [0.717, 1.165) is 77.0 Å². The number of hydrogen-bond acceptors (Lipinski definition) is 12. The van der Waals surface area contributed by atoms with Crippen molar-refractivity contribution in [2.75, 3.05) is 0 Å². The summed E-state index contributed by atoms with van der Waals surface area (Å²) in [6, 6.07) is 0. The van der Waals surface area contributed by atoms with Crippen molar-refractivity contribution in [3.05, 3.63) is 0 Å². The van der Waals surface area contributed by atoms with Crippen molar-refractivity contribution in [2.24, 2.45) is 23.7 Å². The molecule has 0 aromatic rings. The molecule has 0 saturated carbocycles. The molecule has 0 rings (SSSR count). The molecule has 0 amide bonds. The fourth-order valence-corrected chi connectivity index (χ4v) is 6.46. The number of aliphatic carboxylic acids is 4. The van der Waals surface area contributed by atoms with Crippen LogP contribution in [0.2, 0.25) is 0 Å². The zero-order valence-corrected chi connectivity index (χ0v) is 43.4. The van der Waals surface area contributed by atoms with E-state index in [4.69, 9.17) is 0 Å². The van der Waals surface area contributed by atoms with Crippen molar-refractivity contribution < 1.29 is 58.8 Å². The monoisotopic (exact) mass is 1060 g/mol. The maximum absolute atomic E-state index is 10.9. The van der Waals surface area contributed by atoms with Crippen LogP contribution in [-0.4, -0.2) is 74.3 Å². The van der Waals surface area contributed by atoms with Crippen LogP contribution in [0.15, 0.2) is 0 Å². The molecule has 0 heterocycles. The first-order valence-electron chi connectivity index (χ1n) is 23.2. The van der Waals surface area contributed by atoms with E-state index < -0.39 is 47.5 Å². The Bertz CT molecular complexity index is 924. The molecule has 13 heteroatoms. The van der Waals surface area contributed by atoms with Gasteiger partial charge in [0.2, 0.25) is 0 Å². The first-order chi connectivity index (χ1) is 28.4. The summed E-state index contributed by atoms with van der Waals surface area (Å²) >= 11 is 0. The van der Waals surface area contributed by atoms with Gasteiger partial charge in [0, 0.05) is 27.3 Å². The Kier molecular flexibility index (Phi) is 53.7. The Hall–Kier alpha value is -2.52. The molecule has 0 aromatic carbocycles. The summed E-state index contributed by atoms with van der Waals surface area (Å²) in [5.74, 6) is -9.63. The Balaban J connectivity index is -0.000000227. The van der Waals surface area contributed by atoms with E-state index in [2.05, 4.69) is 27.7 Å². The average molecular weight is 1060 g/mol. The molecule has 0 aliphatic rings. The van der Waals surface area contributed by atoms with Gasteiger partial charge in [-0.15, -0.1) is 0 Å². The van der Waals surface area contributed by atoms with E-state index in [1.807, 2.05) is 0 Å². The summed E-state index contributed by atoms with van der Waals surface area (Å²) in [5.41, 5.74) is 0. The number of ketones is 4. The largest absolute Gasteiger partial charge is 0.549 e. The van der Waals surface area contributed by atoms with Gasteiger partial charge in [-0.1, -0.05) is 182 Å². The van der Waals surface area contributed by atoms with Crippen molar-refractivity contribution >= 4 is 74.3 Å². The molecule has 4 atom stereocenters. The molecule has 0 aromatic heterocycles. The van der Waals surface area contributed by atoms with Crippen LogP contribution in [-0.2, 0) is 38.4 Å². The molecule has 0 spiro atoms. The SMILES string of the molecule is CCCCCCCCC(C(C)=O)C(=O)[O-].CCCCCCCCC(C(C)=O)C(=O)[O-].CCCCCCCCC(C(C)=O)C(=O)[O-].CCCCCCCCC(C(C)=O)C(=O)[O-].[Pb]. The van der Waals surface area contributed by atoms with Gasteiger partial charge in [-0.2, -0.15) is 0 Å². The van der Waals surface area contributed by atoms with E-state index in [0.29, 0.717) is 25.7 Å². The summed E-state index contributed by atoms with van der Waals surface area (Å²) in [4.78, 5) is 86.0. The predicted molar refractivity (Wildman–Crippen MR) is 234 cm³/mol. The number of carboxylic acids is 4. The van der Waals surface area contributed by atoms with Crippen LogP contribution in [0, 0.1) is 23.7 Å². The van der Waals surface area contributed by atoms with Gasteiger partial charge < -0.3 is 39.6 Å². The van der Waals surface area contributed by atoms with Crippen molar-refractivity contribution in [3.63, 3.8) is 0 Å². The van der Waals surface area contributed by atoms with Gasteiger partial charge in [-0.05, 0) is 53.4 Å². The minimum atomic E-state index is -1.23. The second-order valence-corrected chi connectivity index (χ2v) is 16.2. The normalized spacial score (nSPS) is 12.2. The number of Topliss-reactive ketones (excluding diaryl/α,β-unsaturated/α-hetero) is 4. The number of carbonyl (C=O) groups excluding carboxylic acids is 8. The van der Waals surface area contributed by atoms with E-state index in [1.165, 1.54) is 105 Å². The van der Waals surface area contributed by atoms with Gasteiger partial charge in [0.05, 0.1) is 47.5 Å². The van der Waals surface area contributed by atoms with Gasteiger partial charge in [0.15, 0.2) is 0 Å². The molecular formula is C48H84O12Pb-4. The summed E-state index contributed by atoms with van der Waals surface area (Å²) in [6.45, 7) is 13.9. The van der Waals surface area contributed by atoms with Crippen LogP contribution in [0.4, 0.5) is 0 Å². The molecular weight excluding hydrogens is 976 g/mol. The van der Waals surface area contributed by atoms with Crippen LogP contribution < -0.4 is 20.4 Å². The van der Waals surface area contributed by atoms with E-state index in [1.54, 1.807) is 0 Å². The van der Waals surface area contributed by atoms with Crippen molar-refractivity contribution in [1.29, 1.82) is 0 Å². The average Bonchev–Trinajstić information content (AvgIpc) is 3.16. The van der Waals surface area contributed by atoms with Gasteiger partial charge in [0.25, 0.3) is 0 Å². The maximum Gasteiger partial charge on any atom is 0.138 e. The molecule has 4 radical (unpaired) electrons. The first kappa shape index (κ1) is 67.6. The standard InChI is InChI=1S/4C12H22O3.Pb/c4*1-3-4-5-6-7-8-9-11(10(2)13)12(14)15;/h4*11H,3-9H2,1-2H3,(H,14,15);/p-4. The second kappa shape index (κ2) is 48.5. The smallest absolute Gasteiger partial charge is 0.138 e. The van der Waals surface area contributed by atoms with E-state index >= 15 is 0 Å². The van der Waals surface area contributed by atoms with Gasteiger partial charge >= 0.3 is 0 Å². The summed E-state index contributed by atoms with van der Waals surface area (Å²) in [7, 11) is 0. The van der Waals surface area contributed by atoms with Gasteiger partial charge in [0.1, 0.15) is 23.1 Å². The number of rotatable bonds is 36. The van der Waals surface area contributed by atoms with Crippen molar-refractivity contribution in [2.45, 2.75) is 235 Å². The fourth-order valence-electron chi connectivity index (χ4n) is 6.46. The Morgan fingerprint density at radius 3 is 0.525 bits per heavy atom. The summed E-state index contributed by atoms with van der Waals surface area (Å²) < 4.78 is 0. The number of carbonyl (C=O) groups is 8. The zero-order valence-electron chi connectivity index (χ0n) is 39.5. The van der Waals surface area contributed by atoms with E-state index in [9.17, 15) is 58.8 Å². The number of carboxylic acid groups (broad SMARTS) is 4. The third-order valence-electron chi connectivity index (χ3n) is 10.5. The number of hydrogen-bond donors (Lipinski definition) is 0. The second-order valence-electron chi connectivity index (χ2n) is 16.2. The molecule has 0 N–H and O–H groups in total. The molecule has 4 unspecified atom stereocenters. The topological polar surface area (TPSA) is 229 Å². The van der Waals surface area contributed by atoms with Crippen LogP contribution in [0.25, 0.3) is 0 Å². The van der Waals surface area contributed by atoms with Gasteiger partial charge in [-0.25, -0.2) is 0 Å². The van der Waals surface area contributed by atoms with Crippen molar-refractivity contribution in [3.8, 4) is 0 Å². The van der Waals surface area contributed by atoms with Crippen LogP contribution >= 0.6 is 0 Å². The predicted octanol–water partition coefficient (Wildman–Crippen LogP) is 6.39. The molecule has 0 aliphatic heterocycles. The minimum absolute atomic E-state index is 0. The minimum Gasteiger partial charge on any atom is -0.549 e. The third-order valence-corrected chi connectivity index (χ3v) is 10.5. The molecule has 61 heavy (non-hydrogen) atoms. The number of unbranched alkanes of at least 4 members (excludes halogenated alkanes) is 20. The van der Waals surface area contributed by atoms with Gasteiger partial charge in [-0.3, -0.25) is 19.2 Å². The Morgan fingerprint density at radius 2 is 0.410 bits per heavy atom. The van der Waals surface area contributed by atoms with E-state index in [-0.39, 0.29) is 50.4 Å². The Labute approximate surface area is 390 Å². The first-order valence-corrected chi connectivity index (χ1v) is 23.2. The Morgan fingerprint density at radius 1 is 0.279 bits per heavy atom. The van der Waals surface area contributed by atoms with Crippen LogP contribution in [0.1, 0.15) is 235 Å². The molecule has 356 valence electrons. The molecule has 12 nitrogen and oxygen atoms in total. The van der Waals surface area contributed by atoms with Crippen molar-refractivity contribution in [1.82, 2.24) is 0 Å². The molecule has 0 aliphatic carbocycles. The molecule has 0 bridgehead atoms.